The number of carbonyl (C=O) groups excluding carboxylic acids is 1. The summed E-state index contributed by atoms with van der Waals surface area (Å²) in [5, 5.41) is 7.05. The highest BCUT2D eigenvalue weighted by molar-refractivity contribution is 9.10. The maximum atomic E-state index is 12.8. The molecule has 0 aliphatic carbocycles. The first kappa shape index (κ1) is 19.4. The van der Waals surface area contributed by atoms with Crippen molar-refractivity contribution in [1.82, 2.24) is 15.0 Å². The Bertz CT molecular complexity index is 990. The van der Waals surface area contributed by atoms with Crippen molar-refractivity contribution in [3.63, 3.8) is 0 Å². The van der Waals surface area contributed by atoms with Gasteiger partial charge < -0.3 is 19.5 Å². The Morgan fingerprint density at radius 3 is 2.83 bits per heavy atom. The van der Waals surface area contributed by atoms with Gasteiger partial charge in [-0.2, -0.15) is 4.98 Å². The molecule has 0 radical (unpaired) electrons. The Labute approximate surface area is 177 Å². The van der Waals surface area contributed by atoms with Gasteiger partial charge in [0.25, 0.3) is 0 Å². The molecule has 0 saturated carbocycles. The third-order valence-electron chi connectivity index (χ3n) is 4.95. The number of urea groups is 1. The zero-order valence-electron chi connectivity index (χ0n) is 16.0. The maximum absolute atomic E-state index is 12.8. The number of likely N-dealkylation sites (tertiary alicyclic amines) is 1. The molecule has 0 bridgehead atoms. The number of nitrogens with one attached hydrogen (secondary N) is 1. The van der Waals surface area contributed by atoms with Crippen molar-refractivity contribution in [2.75, 3.05) is 25.5 Å². The molecule has 29 heavy (non-hydrogen) atoms. The van der Waals surface area contributed by atoms with Gasteiger partial charge in [0.15, 0.2) is 0 Å². The molecule has 8 heteroatoms. The molecule has 1 N–H and O–H groups in total. The average molecular weight is 457 g/mol. The number of methoxy groups -OCH3 is 1. The van der Waals surface area contributed by atoms with Gasteiger partial charge in [0.1, 0.15) is 5.75 Å². The summed E-state index contributed by atoms with van der Waals surface area (Å²) in [6.45, 7) is 1.22. The maximum Gasteiger partial charge on any atom is 0.321 e. The second-order valence-electron chi connectivity index (χ2n) is 6.88. The Kier molecular flexibility index (Phi) is 5.80. The number of carbonyl (C=O) groups is 1. The summed E-state index contributed by atoms with van der Waals surface area (Å²) >= 11 is 3.42. The molecule has 1 fully saturated rings. The fraction of sp³-hybridized carbons (Fsp3) is 0.286. The van der Waals surface area contributed by atoms with Crippen LogP contribution in [0.2, 0.25) is 0 Å². The van der Waals surface area contributed by atoms with Crippen LogP contribution >= 0.6 is 15.9 Å². The zero-order valence-corrected chi connectivity index (χ0v) is 17.6. The third kappa shape index (κ3) is 4.42. The number of amides is 2. The van der Waals surface area contributed by atoms with E-state index >= 15 is 0 Å². The molecule has 2 heterocycles. The predicted molar refractivity (Wildman–Crippen MR) is 113 cm³/mol. The smallest absolute Gasteiger partial charge is 0.321 e. The second kappa shape index (κ2) is 8.65. The summed E-state index contributed by atoms with van der Waals surface area (Å²) in [6, 6.07) is 15.0. The predicted octanol–water partition coefficient (Wildman–Crippen LogP) is 4.92. The molecule has 1 aliphatic heterocycles. The minimum Gasteiger partial charge on any atom is -0.495 e. The Morgan fingerprint density at radius 1 is 1.24 bits per heavy atom. The van der Waals surface area contributed by atoms with Crippen LogP contribution in [0.4, 0.5) is 10.5 Å². The number of ether oxygens (including phenoxy) is 1. The molecule has 150 valence electrons. The number of hydrogen-bond donors (Lipinski definition) is 1. The molecule has 1 atom stereocenters. The molecule has 3 aromatic rings. The Balaban J connectivity index is 1.44. The summed E-state index contributed by atoms with van der Waals surface area (Å²) in [7, 11) is 1.58. The van der Waals surface area contributed by atoms with Crippen molar-refractivity contribution in [1.29, 1.82) is 0 Å². The second-order valence-corrected chi connectivity index (χ2v) is 7.79. The molecule has 2 aromatic carbocycles. The molecule has 4 rings (SSSR count). The molecule has 7 nitrogen and oxygen atoms in total. The SMILES string of the molecule is COc1ccccc1NC(=O)N1CCCC(c2nc(-c3ccc(Br)cc3)no2)C1. The number of halogens is 1. The number of aromatic nitrogens is 2. The van der Waals surface area contributed by atoms with Gasteiger partial charge in [-0.15, -0.1) is 0 Å². The van der Waals surface area contributed by atoms with Crippen molar-refractivity contribution >= 4 is 27.6 Å². The Hall–Kier alpha value is -2.87. The van der Waals surface area contributed by atoms with Gasteiger partial charge in [-0.05, 0) is 49.2 Å². The van der Waals surface area contributed by atoms with E-state index in [9.17, 15) is 4.79 Å². The van der Waals surface area contributed by atoms with Crippen molar-refractivity contribution < 1.29 is 14.1 Å². The van der Waals surface area contributed by atoms with E-state index in [1.165, 1.54) is 0 Å². The number of anilines is 1. The average Bonchev–Trinajstić information content (AvgIpc) is 3.25. The molecule has 1 saturated heterocycles. The summed E-state index contributed by atoms with van der Waals surface area (Å²) in [5.41, 5.74) is 1.54. The highest BCUT2D eigenvalue weighted by Gasteiger charge is 2.29. The lowest BCUT2D eigenvalue weighted by Crippen LogP contribution is -2.41. The van der Waals surface area contributed by atoms with E-state index in [2.05, 4.69) is 31.4 Å². The van der Waals surface area contributed by atoms with Crippen molar-refractivity contribution in [3.05, 3.63) is 58.9 Å². The highest BCUT2D eigenvalue weighted by atomic mass is 79.9. The summed E-state index contributed by atoms with van der Waals surface area (Å²) < 4.78 is 11.8. The van der Waals surface area contributed by atoms with Gasteiger partial charge in [-0.25, -0.2) is 4.79 Å². The first-order chi connectivity index (χ1) is 14.1. The Morgan fingerprint density at radius 2 is 2.03 bits per heavy atom. The van der Waals surface area contributed by atoms with Gasteiger partial charge in [0, 0.05) is 23.1 Å². The minimum atomic E-state index is -0.160. The van der Waals surface area contributed by atoms with Gasteiger partial charge in [-0.1, -0.05) is 33.2 Å². The largest absolute Gasteiger partial charge is 0.495 e. The quantitative estimate of drug-likeness (QED) is 0.602. The highest BCUT2D eigenvalue weighted by Crippen LogP contribution is 2.29. The fourth-order valence-corrected chi connectivity index (χ4v) is 3.69. The molecule has 1 aliphatic rings. The van der Waals surface area contributed by atoms with Crippen LogP contribution in [0.25, 0.3) is 11.4 Å². The van der Waals surface area contributed by atoms with Crippen LogP contribution in [0.1, 0.15) is 24.7 Å². The minimum absolute atomic E-state index is 0.0175. The van der Waals surface area contributed by atoms with Crippen molar-refractivity contribution in [2.24, 2.45) is 0 Å². The van der Waals surface area contributed by atoms with E-state index in [1.54, 1.807) is 12.0 Å². The van der Waals surface area contributed by atoms with Crippen molar-refractivity contribution in [3.8, 4) is 17.1 Å². The number of piperidine rings is 1. The lowest BCUT2D eigenvalue weighted by Gasteiger charge is -2.31. The van der Waals surface area contributed by atoms with E-state index < -0.39 is 0 Å². The number of para-hydroxylation sites is 2. The van der Waals surface area contributed by atoms with Crippen LogP contribution in [-0.2, 0) is 0 Å². The number of benzene rings is 2. The lowest BCUT2D eigenvalue weighted by atomic mass is 9.98. The van der Waals surface area contributed by atoms with Gasteiger partial charge in [0.2, 0.25) is 11.7 Å². The molecule has 0 spiro atoms. The van der Waals surface area contributed by atoms with Crippen LogP contribution in [0, 0.1) is 0 Å². The van der Waals surface area contributed by atoms with E-state index in [1.807, 2.05) is 48.5 Å². The topological polar surface area (TPSA) is 80.5 Å². The van der Waals surface area contributed by atoms with Crippen LogP contribution in [0.15, 0.2) is 57.5 Å². The van der Waals surface area contributed by atoms with Crippen LogP contribution in [0.5, 0.6) is 5.75 Å². The number of nitrogens with zero attached hydrogens (tertiary/aromatic N) is 3. The van der Waals surface area contributed by atoms with Gasteiger partial charge in [-0.3, -0.25) is 0 Å². The van der Waals surface area contributed by atoms with Crippen LogP contribution in [-0.4, -0.2) is 41.3 Å². The first-order valence-corrected chi connectivity index (χ1v) is 10.2. The first-order valence-electron chi connectivity index (χ1n) is 9.42. The van der Waals surface area contributed by atoms with E-state index in [0.29, 0.717) is 36.2 Å². The van der Waals surface area contributed by atoms with Gasteiger partial charge >= 0.3 is 6.03 Å². The number of hydrogen-bond acceptors (Lipinski definition) is 5. The standard InChI is InChI=1S/C21H21BrN4O3/c1-28-18-7-3-2-6-17(18)23-21(27)26-12-4-5-15(13-26)20-24-19(25-29-20)14-8-10-16(22)11-9-14/h2-3,6-11,15H,4-5,12-13H2,1H3,(H,23,27). The molecule has 2 amide bonds. The molecular formula is C21H21BrN4O3. The van der Waals surface area contributed by atoms with E-state index in [0.717, 1.165) is 22.9 Å². The third-order valence-corrected chi connectivity index (χ3v) is 5.48. The van der Waals surface area contributed by atoms with E-state index in [4.69, 9.17) is 9.26 Å². The monoisotopic (exact) mass is 456 g/mol. The lowest BCUT2D eigenvalue weighted by molar-refractivity contribution is 0.184. The zero-order chi connectivity index (χ0) is 20.2. The molecule has 1 aromatic heterocycles. The van der Waals surface area contributed by atoms with Gasteiger partial charge in [0.05, 0.1) is 18.7 Å². The molecule has 1 unspecified atom stereocenters. The van der Waals surface area contributed by atoms with E-state index in [-0.39, 0.29) is 11.9 Å². The normalized spacial score (nSPS) is 16.5. The van der Waals surface area contributed by atoms with Crippen molar-refractivity contribution in [2.45, 2.75) is 18.8 Å². The summed E-state index contributed by atoms with van der Waals surface area (Å²) in [6.07, 6.45) is 1.78. The number of rotatable bonds is 4. The van der Waals surface area contributed by atoms with Crippen LogP contribution in [0.3, 0.4) is 0 Å². The fourth-order valence-electron chi connectivity index (χ4n) is 3.42. The summed E-state index contributed by atoms with van der Waals surface area (Å²) in [5.74, 6) is 1.77. The molecular weight excluding hydrogens is 436 g/mol. The van der Waals surface area contributed by atoms with Crippen LogP contribution < -0.4 is 10.1 Å². The summed E-state index contributed by atoms with van der Waals surface area (Å²) in [4.78, 5) is 19.1.